The molecule has 2 aromatic carbocycles. The molecule has 1 N–H and O–H groups in total. The molecule has 1 unspecified atom stereocenters. The molecule has 1 heterocycles. The average molecular weight is 434 g/mol. The Kier molecular flexibility index (Phi) is 8.02. The van der Waals surface area contributed by atoms with Crippen LogP contribution in [0.3, 0.4) is 0 Å². The molecule has 2 aliphatic rings. The second kappa shape index (κ2) is 11.1. The number of hydrogen-bond donors (Lipinski definition) is 1. The fourth-order valence-electron chi connectivity index (χ4n) is 5.71. The predicted molar refractivity (Wildman–Crippen MR) is 132 cm³/mol. The first-order chi connectivity index (χ1) is 15.6. The van der Waals surface area contributed by atoms with Crippen molar-refractivity contribution in [3.63, 3.8) is 0 Å². The molecule has 1 aliphatic carbocycles. The molecular formula is C29H39NO2. The zero-order valence-electron chi connectivity index (χ0n) is 19.8. The zero-order valence-corrected chi connectivity index (χ0v) is 19.8. The van der Waals surface area contributed by atoms with Gasteiger partial charge in [0.25, 0.3) is 0 Å². The first-order valence-corrected chi connectivity index (χ1v) is 12.7. The van der Waals surface area contributed by atoms with E-state index in [-0.39, 0.29) is 0 Å². The summed E-state index contributed by atoms with van der Waals surface area (Å²) >= 11 is 0. The maximum atomic E-state index is 12.7. The van der Waals surface area contributed by atoms with Crippen LogP contribution in [0.2, 0.25) is 0 Å². The van der Waals surface area contributed by atoms with Crippen LogP contribution in [-0.2, 0) is 0 Å². The third-order valence-corrected chi connectivity index (χ3v) is 7.60. The second-order valence-electron chi connectivity index (χ2n) is 9.96. The molecule has 1 aliphatic heterocycles. The summed E-state index contributed by atoms with van der Waals surface area (Å²) in [5.41, 5.74) is 3.69. The number of carbonyl (C=O) groups is 1. The summed E-state index contributed by atoms with van der Waals surface area (Å²) < 4.78 is 5.68. The Morgan fingerprint density at radius 2 is 1.81 bits per heavy atom. The molecule has 0 bridgehead atoms. The Bertz CT molecular complexity index is 869. The van der Waals surface area contributed by atoms with E-state index in [2.05, 4.69) is 54.7 Å². The van der Waals surface area contributed by atoms with Gasteiger partial charge in [-0.3, -0.25) is 4.79 Å². The minimum Gasteiger partial charge on any atom is -0.494 e. The van der Waals surface area contributed by atoms with E-state index in [0.717, 1.165) is 43.2 Å². The molecule has 4 rings (SSSR count). The Morgan fingerprint density at radius 3 is 2.56 bits per heavy atom. The summed E-state index contributed by atoms with van der Waals surface area (Å²) in [7, 11) is 0. The van der Waals surface area contributed by atoms with Crippen molar-refractivity contribution in [1.29, 1.82) is 0 Å². The Labute approximate surface area is 194 Å². The number of ketones is 1. The van der Waals surface area contributed by atoms with Gasteiger partial charge in [-0.25, -0.2) is 0 Å². The van der Waals surface area contributed by atoms with Gasteiger partial charge in [-0.1, -0.05) is 43.3 Å². The number of carbonyl (C=O) groups excluding carboxylic acids is 1. The lowest BCUT2D eigenvalue weighted by molar-refractivity contribution is 0.0952. The van der Waals surface area contributed by atoms with E-state index in [4.69, 9.17) is 4.74 Å². The first-order valence-electron chi connectivity index (χ1n) is 12.7. The molecule has 2 aromatic rings. The number of nitrogens with one attached hydrogen (secondary N) is 1. The molecule has 0 aromatic heterocycles. The molecular weight excluding hydrogens is 394 g/mol. The molecule has 0 radical (unpaired) electrons. The maximum absolute atomic E-state index is 12.7. The largest absolute Gasteiger partial charge is 0.494 e. The lowest BCUT2D eigenvalue weighted by Gasteiger charge is -2.21. The number of Topliss-reactive ketones (excluding diaryl/α,β-unsaturated/α-hetero) is 1. The third-order valence-electron chi connectivity index (χ3n) is 7.60. The smallest absolute Gasteiger partial charge is 0.163 e. The van der Waals surface area contributed by atoms with Crippen LogP contribution in [-0.4, -0.2) is 25.5 Å². The second-order valence-corrected chi connectivity index (χ2v) is 9.96. The Balaban J connectivity index is 1.29. The van der Waals surface area contributed by atoms with E-state index in [9.17, 15) is 4.79 Å². The highest BCUT2D eigenvalue weighted by Gasteiger charge is 2.27. The van der Waals surface area contributed by atoms with Crippen LogP contribution < -0.4 is 10.1 Å². The number of ether oxygens (including phenoxy) is 1. The van der Waals surface area contributed by atoms with Crippen molar-refractivity contribution in [3.8, 4) is 5.75 Å². The van der Waals surface area contributed by atoms with Crippen molar-refractivity contribution >= 4 is 5.78 Å². The molecule has 1 saturated heterocycles. The molecule has 2 fully saturated rings. The van der Waals surface area contributed by atoms with E-state index in [0.29, 0.717) is 36.6 Å². The minimum atomic E-state index is 0.316. The standard InChI is InChI=1S/C29H39NO2/c1-3-32-28-6-4-5-26(20-28)21(2)17-23-7-8-27(18-23)24-9-11-25(12-10-24)29(31)19-22-13-15-30-16-14-22/h4-6,9-12,20-23,27,30H,3,7-8,13-19H2,1-2H3/t21-,23?,27-/m0/s1. The molecule has 1 saturated carbocycles. The molecule has 3 atom stereocenters. The van der Waals surface area contributed by atoms with E-state index >= 15 is 0 Å². The van der Waals surface area contributed by atoms with E-state index in [1.165, 1.54) is 36.8 Å². The van der Waals surface area contributed by atoms with Gasteiger partial charge in [-0.15, -0.1) is 0 Å². The summed E-state index contributed by atoms with van der Waals surface area (Å²) in [6, 6.07) is 17.2. The van der Waals surface area contributed by atoms with Gasteiger partial charge in [0.2, 0.25) is 0 Å². The summed E-state index contributed by atoms with van der Waals surface area (Å²) in [5, 5.41) is 3.38. The van der Waals surface area contributed by atoms with Crippen LogP contribution >= 0.6 is 0 Å². The summed E-state index contributed by atoms with van der Waals surface area (Å²) in [4.78, 5) is 12.7. The fourth-order valence-corrected chi connectivity index (χ4v) is 5.71. The van der Waals surface area contributed by atoms with Gasteiger partial charge in [0.05, 0.1) is 6.61 Å². The monoisotopic (exact) mass is 433 g/mol. The average Bonchev–Trinajstić information content (AvgIpc) is 3.29. The SMILES string of the molecule is CCOc1cccc([C@@H](C)CC2CC[C@H](c3ccc(C(=O)CC4CCNCC4)cc3)C2)c1. The molecule has 32 heavy (non-hydrogen) atoms. The summed E-state index contributed by atoms with van der Waals surface area (Å²) in [6.07, 6.45) is 8.02. The normalized spacial score (nSPS) is 22.6. The number of hydrogen-bond acceptors (Lipinski definition) is 3. The highest BCUT2D eigenvalue weighted by atomic mass is 16.5. The van der Waals surface area contributed by atoms with Crippen LogP contribution in [0.25, 0.3) is 0 Å². The predicted octanol–water partition coefficient (Wildman–Crippen LogP) is 6.74. The zero-order chi connectivity index (χ0) is 22.3. The Morgan fingerprint density at radius 1 is 1.03 bits per heavy atom. The third kappa shape index (κ3) is 6.01. The highest BCUT2D eigenvalue weighted by molar-refractivity contribution is 5.96. The fraction of sp³-hybridized carbons (Fsp3) is 0.552. The molecule has 3 heteroatoms. The van der Waals surface area contributed by atoms with E-state index < -0.39 is 0 Å². The number of rotatable bonds is 9. The first kappa shape index (κ1) is 23.0. The van der Waals surface area contributed by atoms with Crippen LogP contribution in [0.15, 0.2) is 48.5 Å². The molecule has 172 valence electrons. The minimum absolute atomic E-state index is 0.316. The van der Waals surface area contributed by atoms with Crippen molar-refractivity contribution in [2.24, 2.45) is 11.8 Å². The van der Waals surface area contributed by atoms with Crippen molar-refractivity contribution in [1.82, 2.24) is 5.32 Å². The van der Waals surface area contributed by atoms with E-state index in [1.54, 1.807) is 0 Å². The van der Waals surface area contributed by atoms with Gasteiger partial charge in [-0.05, 0) is 105 Å². The van der Waals surface area contributed by atoms with Gasteiger partial charge in [0, 0.05) is 12.0 Å². The van der Waals surface area contributed by atoms with Crippen molar-refractivity contribution < 1.29 is 9.53 Å². The molecule has 3 nitrogen and oxygen atoms in total. The van der Waals surface area contributed by atoms with Crippen molar-refractivity contribution in [2.45, 2.75) is 70.6 Å². The lowest BCUT2D eigenvalue weighted by Crippen LogP contribution is -2.28. The number of benzene rings is 2. The number of piperidine rings is 1. The van der Waals surface area contributed by atoms with Crippen LogP contribution in [0, 0.1) is 11.8 Å². The Hall–Kier alpha value is -2.13. The van der Waals surface area contributed by atoms with Gasteiger partial charge in [0.15, 0.2) is 5.78 Å². The van der Waals surface area contributed by atoms with Gasteiger partial charge in [-0.2, -0.15) is 0 Å². The topological polar surface area (TPSA) is 38.3 Å². The van der Waals surface area contributed by atoms with E-state index in [1.807, 2.05) is 13.0 Å². The van der Waals surface area contributed by atoms with Gasteiger partial charge in [0.1, 0.15) is 5.75 Å². The summed E-state index contributed by atoms with van der Waals surface area (Å²) in [6.45, 7) is 7.20. The maximum Gasteiger partial charge on any atom is 0.163 e. The molecule has 0 spiro atoms. The quantitative estimate of drug-likeness (QED) is 0.445. The van der Waals surface area contributed by atoms with Crippen molar-refractivity contribution in [3.05, 3.63) is 65.2 Å². The van der Waals surface area contributed by atoms with Crippen LogP contribution in [0.4, 0.5) is 0 Å². The van der Waals surface area contributed by atoms with Gasteiger partial charge >= 0.3 is 0 Å². The molecule has 0 amide bonds. The summed E-state index contributed by atoms with van der Waals surface area (Å²) in [5.74, 6) is 3.80. The highest BCUT2D eigenvalue weighted by Crippen LogP contribution is 2.42. The van der Waals surface area contributed by atoms with Crippen molar-refractivity contribution in [2.75, 3.05) is 19.7 Å². The van der Waals surface area contributed by atoms with Gasteiger partial charge < -0.3 is 10.1 Å². The van der Waals surface area contributed by atoms with Crippen LogP contribution in [0.5, 0.6) is 5.75 Å². The lowest BCUT2D eigenvalue weighted by atomic mass is 9.87. The van der Waals surface area contributed by atoms with Crippen LogP contribution in [0.1, 0.15) is 92.1 Å².